The second-order valence-corrected chi connectivity index (χ2v) is 13.9. The third kappa shape index (κ3) is 7.32. The van der Waals surface area contributed by atoms with Crippen LogP contribution >= 0.6 is 0 Å². The average Bonchev–Trinajstić information content (AvgIpc) is 3.63. The number of pyridine rings is 1. The summed E-state index contributed by atoms with van der Waals surface area (Å²) in [4.78, 5) is 63.8. The van der Waals surface area contributed by atoms with E-state index in [9.17, 15) is 19.2 Å². The van der Waals surface area contributed by atoms with Gasteiger partial charge in [-0.25, -0.2) is 0 Å². The number of rotatable bonds is 11. The van der Waals surface area contributed by atoms with Crippen LogP contribution in [0.2, 0.25) is 5.21 Å². The van der Waals surface area contributed by atoms with Gasteiger partial charge in [0.15, 0.2) is 0 Å². The molecule has 0 aliphatic carbocycles. The molecule has 1 unspecified atom stereocenters. The van der Waals surface area contributed by atoms with Gasteiger partial charge in [-0.3, -0.25) is 0 Å². The number of likely N-dealkylation sites (tertiary alicyclic amines) is 2. The number of benzene rings is 1. The fraction of sp³-hybridized carbons (Fsp3) is 0.581. The van der Waals surface area contributed by atoms with Crippen molar-refractivity contribution in [1.29, 1.82) is 0 Å². The average molecular weight is 656 g/mol. The van der Waals surface area contributed by atoms with Crippen LogP contribution in [0.3, 0.4) is 0 Å². The Labute approximate surface area is 259 Å². The van der Waals surface area contributed by atoms with Crippen molar-refractivity contribution in [2.24, 2.45) is 0 Å². The predicted octanol–water partition coefficient (Wildman–Crippen LogP) is 2.30. The summed E-state index contributed by atoms with van der Waals surface area (Å²) in [6, 6.07) is 8.05. The molecule has 0 spiro atoms. The SMILES string of the molecule is CCCCOC(=O)N1CCN(C(=O)C[AsH]C(=O)c2cc(OCC(=O)N3C[C@H]4C[C@@H]3CN4CC)c3ccc(C)cc3n2)CC1. The molecule has 3 atom stereocenters. The molecular weight excluding hydrogens is 613 g/mol. The Hall–Kier alpha value is -3.17. The van der Waals surface area contributed by atoms with Crippen molar-refractivity contribution in [2.75, 3.05) is 59.0 Å². The molecule has 3 saturated heterocycles. The number of carbonyl (C=O) groups excluding carboxylic acids is 4. The van der Waals surface area contributed by atoms with Gasteiger partial charge in [-0.1, -0.05) is 6.92 Å². The van der Waals surface area contributed by atoms with Gasteiger partial charge in [-0.05, 0) is 0 Å². The number of hydrogen-bond acceptors (Lipinski definition) is 8. The van der Waals surface area contributed by atoms with Crippen molar-refractivity contribution in [3.63, 3.8) is 0 Å². The molecule has 2 bridgehead atoms. The molecule has 12 heteroatoms. The summed E-state index contributed by atoms with van der Waals surface area (Å²) in [5.41, 5.74) is 1.90. The minimum absolute atomic E-state index is 0.0402. The van der Waals surface area contributed by atoms with Gasteiger partial charge in [0, 0.05) is 0 Å². The zero-order valence-corrected chi connectivity index (χ0v) is 27.4. The van der Waals surface area contributed by atoms with Crippen LogP contribution in [0.4, 0.5) is 4.79 Å². The minimum atomic E-state index is -1.33. The van der Waals surface area contributed by atoms with Crippen molar-refractivity contribution in [1.82, 2.24) is 24.6 Å². The number of carbonyl (C=O) groups is 4. The molecule has 3 aliphatic heterocycles. The number of nitrogens with zero attached hydrogens (tertiary/aromatic N) is 5. The Kier molecular flexibility index (Phi) is 10.2. The number of amides is 3. The van der Waals surface area contributed by atoms with E-state index in [-0.39, 0.29) is 46.0 Å². The normalized spacial score (nSPS) is 20.4. The molecule has 3 aliphatic rings. The second-order valence-electron chi connectivity index (χ2n) is 11.5. The van der Waals surface area contributed by atoms with E-state index in [2.05, 4.69) is 16.8 Å². The predicted molar refractivity (Wildman–Crippen MR) is 164 cm³/mol. The Morgan fingerprint density at radius 2 is 1.74 bits per heavy atom. The zero-order chi connectivity index (χ0) is 30.5. The molecule has 5 rings (SSSR count). The van der Waals surface area contributed by atoms with E-state index in [0.29, 0.717) is 50.1 Å². The first-order chi connectivity index (χ1) is 20.8. The van der Waals surface area contributed by atoms with E-state index in [4.69, 9.17) is 9.47 Å². The van der Waals surface area contributed by atoms with Crippen LogP contribution in [0, 0.1) is 6.92 Å². The number of hydrogen-bond donors (Lipinski definition) is 0. The van der Waals surface area contributed by atoms with Crippen LogP contribution in [0.5, 0.6) is 5.75 Å². The molecule has 0 radical (unpaired) electrons. The Balaban J connectivity index is 1.17. The molecule has 3 fully saturated rings. The fourth-order valence-corrected chi connectivity index (χ4v) is 7.87. The van der Waals surface area contributed by atoms with Crippen LogP contribution in [0.25, 0.3) is 10.9 Å². The number of ether oxygens (including phenoxy) is 2. The number of piperazine rings is 2. The maximum absolute atomic E-state index is 13.3. The zero-order valence-electron chi connectivity index (χ0n) is 25.3. The van der Waals surface area contributed by atoms with Crippen LogP contribution in [0.1, 0.15) is 49.2 Å². The number of aromatic nitrogens is 1. The van der Waals surface area contributed by atoms with E-state index in [1.54, 1.807) is 15.9 Å². The van der Waals surface area contributed by atoms with Gasteiger partial charge in [-0.2, -0.15) is 0 Å². The van der Waals surface area contributed by atoms with E-state index >= 15 is 0 Å². The second kappa shape index (κ2) is 14.1. The van der Waals surface area contributed by atoms with E-state index < -0.39 is 15.8 Å². The van der Waals surface area contributed by atoms with Gasteiger partial charge in [0.1, 0.15) is 0 Å². The van der Waals surface area contributed by atoms with Gasteiger partial charge in [0.05, 0.1) is 0 Å². The molecule has 0 N–H and O–H groups in total. The van der Waals surface area contributed by atoms with Crippen molar-refractivity contribution >= 4 is 49.1 Å². The summed E-state index contributed by atoms with van der Waals surface area (Å²) >= 11 is -1.33. The summed E-state index contributed by atoms with van der Waals surface area (Å²) in [6.45, 7) is 10.8. The summed E-state index contributed by atoms with van der Waals surface area (Å²) in [7, 11) is 0. The number of likely N-dealkylation sites (N-methyl/N-ethyl adjacent to an activating group) is 1. The molecule has 1 aromatic heterocycles. The van der Waals surface area contributed by atoms with Gasteiger partial charge in [0.25, 0.3) is 0 Å². The molecule has 1 aromatic carbocycles. The fourth-order valence-electron chi connectivity index (χ4n) is 6.10. The summed E-state index contributed by atoms with van der Waals surface area (Å²) in [6.07, 6.45) is 2.46. The van der Waals surface area contributed by atoms with E-state index in [1.165, 1.54) is 0 Å². The molecule has 43 heavy (non-hydrogen) atoms. The van der Waals surface area contributed by atoms with Crippen molar-refractivity contribution in [3.8, 4) is 5.75 Å². The van der Waals surface area contributed by atoms with Crippen LogP contribution in [-0.2, 0) is 14.3 Å². The first-order valence-electron chi connectivity index (χ1n) is 15.3. The van der Waals surface area contributed by atoms with Crippen molar-refractivity contribution < 1.29 is 28.7 Å². The van der Waals surface area contributed by atoms with E-state index in [1.807, 2.05) is 36.9 Å². The number of fused-ring (bicyclic) bond motifs is 3. The summed E-state index contributed by atoms with van der Waals surface area (Å²) in [5.74, 6) is 0.343. The first kappa shape index (κ1) is 31.3. The van der Waals surface area contributed by atoms with Crippen LogP contribution < -0.4 is 4.74 Å². The molecule has 2 aromatic rings. The Morgan fingerprint density at radius 3 is 2.44 bits per heavy atom. The quantitative estimate of drug-likeness (QED) is 0.268. The third-order valence-corrected chi connectivity index (χ3v) is 10.8. The standard InChI is InChI=1S/C31H42AsN5O6/c1-4-6-13-42-31(41)36-11-9-35(10-12-36)28(38)17-32-30(40)26-16-27(24-8-7-21(3)14-25(24)33-26)43-20-29(39)37-19-22-15-23(37)18-34(22)5-2/h7-8,14,16,22-23,32H,4-6,9-13,15,17-20H2,1-3H3/t22-,23-/m1/s1. The molecular formula is C31H42AsN5O6. The number of unbranched alkanes of at least 4 members (excludes halogenated alkanes) is 1. The monoisotopic (exact) mass is 655 g/mol. The first-order valence-corrected chi connectivity index (χ1v) is 17.9. The molecule has 232 valence electrons. The Morgan fingerprint density at radius 1 is 0.977 bits per heavy atom. The van der Waals surface area contributed by atoms with Gasteiger partial charge in [-0.15, -0.1) is 0 Å². The third-order valence-electron chi connectivity index (χ3n) is 8.61. The summed E-state index contributed by atoms with van der Waals surface area (Å²) < 4.78 is 11.2. The van der Waals surface area contributed by atoms with Crippen molar-refractivity contribution in [3.05, 3.63) is 35.5 Å². The summed E-state index contributed by atoms with van der Waals surface area (Å²) in [5, 5.41) is 0.922. The topological polar surface area (TPSA) is 113 Å². The number of aryl methyl sites for hydroxylation is 1. The van der Waals surface area contributed by atoms with E-state index in [0.717, 1.165) is 49.8 Å². The van der Waals surface area contributed by atoms with Gasteiger partial charge >= 0.3 is 253 Å². The van der Waals surface area contributed by atoms with Crippen LogP contribution in [-0.4, -0.2) is 134 Å². The molecule has 11 nitrogen and oxygen atoms in total. The Bertz CT molecular complexity index is 1360. The molecule has 3 amide bonds. The van der Waals surface area contributed by atoms with Crippen molar-refractivity contribution in [2.45, 2.75) is 57.3 Å². The molecule has 4 heterocycles. The van der Waals surface area contributed by atoms with Gasteiger partial charge < -0.3 is 0 Å². The van der Waals surface area contributed by atoms with Crippen LogP contribution in [0.15, 0.2) is 24.3 Å². The maximum atomic E-state index is 13.3. The van der Waals surface area contributed by atoms with Gasteiger partial charge in [0.2, 0.25) is 0 Å². The molecule has 0 saturated carbocycles.